The fourth-order valence-corrected chi connectivity index (χ4v) is 2.23. The van der Waals surface area contributed by atoms with Crippen LogP contribution in [0.25, 0.3) is 0 Å². The Balaban J connectivity index is 2.42. The number of hydrogen-bond acceptors (Lipinski definition) is 3. The minimum atomic E-state index is -2.28. The fourth-order valence-electron chi connectivity index (χ4n) is 1.09. The lowest BCUT2D eigenvalue weighted by Gasteiger charge is -2.19. The third-order valence-corrected chi connectivity index (χ3v) is 2.78. The van der Waals surface area contributed by atoms with E-state index in [1.165, 1.54) is 11.3 Å². The topological polar surface area (TPSA) is 16.1 Å². The van der Waals surface area contributed by atoms with Crippen molar-refractivity contribution in [2.75, 3.05) is 18.4 Å². The molecule has 0 saturated heterocycles. The number of thiazole rings is 1. The zero-order valence-electron chi connectivity index (χ0n) is 7.50. The predicted octanol–water partition coefficient (Wildman–Crippen LogP) is 2.61. The number of rotatable bonds is 6. The maximum Gasteiger partial charge on any atom is 0.251 e. The first-order chi connectivity index (χ1) is 6.72. The second-order valence-corrected chi connectivity index (χ2v) is 4.55. The Kier molecular flexibility index (Phi) is 5.50. The number of aromatic nitrogens is 1. The van der Waals surface area contributed by atoms with Crippen molar-refractivity contribution in [1.29, 1.82) is 0 Å². The lowest BCUT2D eigenvalue weighted by atomic mass is 10.4. The van der Waals surface area contributed by atoms with Gasteiger partial charge in [0, 0.05) is 29.5 Å². The van der Waals surface area contributed by atoms with Crippen LogP contribution in [0.15, 0.2) is 11.7 Å². The summed E-state index contributed by atoms with van der Waals surface area (Å²) in [5.74, 6) is 0. The fraction of sp³-hybridized carbons (Fsp3) is 0.625. The van der Waals surface area contributed by atoms with E-state index in [1.807, 2.05) is 0 Å². The Bertz CT molecular complexity index is 243. The molecule has 0 amide bonds. The van der Waals surface area contributed by atoms with E-state index in [2.05, 4.69) is 20.9 Å². The number of alkyl halides is 3. The van der Waals surface area contributed by atoms with Crippen LogP contribution in [0.2, 0.25) is 0 Å². The quantitative estimate of drug-likeness (QED) is 0.747. The molecule has 0 aliphatic rings. The molecule has 0 fully saturated rings. The molecule has 6 heteroatoms. The minimum absolute atomic E-state index is 0.177. The monoisotopic (exact) mass is 284 g/mol. The van der Waals surface area contributed by atoms with Crippen LogP contribution in [0.4, 0.5) is 8.78 Å². The zero-order valence-corrected chi connectivity index (χ0v) is 9.90. The Morgan fingerprint density at radius 2 is 2.36 bits per heavy atom. The Morgan fingerprint density at radius 3 is 2.86 bits per heavy atom. The first kappa shape index (κ1) is 12.0. The standard InChI is InChI=1S/C8H11BrF2N2S/c9-1-2-13(5-8(10)11)4-7-3-12-6-14-7/h3,6,8H,1-2,4-5H2. The molecular weight excluding hydrogens is 274 g/mol. The van der Waals surface area contributed by atoms with Gasteiger partial charge in [-0.15, -0.1) is 11.3 Å². The average Bonchev–Trinajstić information content (AvgIpc) is 2.56. The largest absolute Gasteiger partial charge is 0.292 e. The molecule has 0 atom stereocenters. The van der Waals surface area contributed by atoms with E-state index in [9.17, 15) is 8.78 Å². The minimum Gasteiger partial charge on any atom is -0.292 e. The van der Waals surface area contributed by atoms with Crippen molar-refractivity contribution in [1.82, 2.24) is 9.88 Å². The molecule has 0 aliphatic heterocycles. The molecule has 1 heterocycles. The van der Waals surface area contributed by atoms with Gasteiger partial charge in [-0.3, -0.25) is 9.88 Å². The smallest absolute Gasteiger partial charge is 0.251 e. The molecule has 14 heavy (non-hydrogen) atoms. The molecule has 2 nitrogen and oxygen atoms in total. The Morgan fingerprint density at radius 1 is 1.57 bits per heavy atom. The van der Waals surface area contributed by atoms with E-state index in [0.29, 0.717) is 18.4 Å². The van der Waals surface area contributed by atoms with Gasteiger partial charge in [0.2, 0.25) is 0 Å². The molecule has 0 bridgehead atoms. The summed E-state index contributed by atoms with van der Waals surface area (Å²) in [6.07, 6.45) is -0.556. The van der Waals surface area contributed by atoms with Crippen molar-refractivity contribution in [3.63, 3.8) is 0 Å². The predicted molar refractivity (Wildman–Crippen MR) is 57.2 cm³/mol. The van der Waals surface area contributed by atoms with E-state index in [1.54, 1.807) is 16.6 Å². The molecule has 1 aromatic rings. The molecule has 0 aliphatic carbocycles. The second-order valence-electron chi connectivity index (χ2n) is 2.78. The molecule has 0 aromatic carbocycles. The van der Waals surface area contributed by atoms with Gasteiger partial charge < -0.3 is 0 Å². The summed E-state index contributed by atoms with van der Waals surface area (Å²) < 4.78 is 24.3. The van der Waals surface area contributed by atoms with Gasteiger partial charge in [0.15, 0.2) is 0 Å². The second kappa shape index (κ2) is 6.42. The van der Waals surface area contributed by atoms with Crippen LogP contribution in [0.3, 0.4) is 0 Å². The van der Waals surface area contributed by atoms with Crippen molar-refractivity contribution in [2.24, 2.45) is 0 Å². The van der Waals surface area contributed by atoms with Gasteiger partial charge in [0.05, 0.1) is 12.1 Å². The summed E-state index contributed by atoms with van der Waals surface area (Å²) in [4.78, 5) is 6.64. The molecule has 0 spiro atoms. The van der Waals surface area contributed by atoms with Crippen LogP contribution in [0.1, 0.15) is 4.88 Å². The third kappa shape index (κ3) is 4.43. The van der Waals surface area contributed by atoms with E-state index in [-0.39, 0.29) is 6.54 Å². The van der Waals surface area contributed by atoms with Gasteiger partial charge in [-0.05, 0) is 0 Å². The van der Waals surface area contributed by atoms with Crippen LogP contribution in [0.5, 0.6) is 0 Å². The van der Waals surface area contributed by atoms with Crippen molar-refractivity contribution < 1.29 is 8.78 Å². The normalized spacial score (nSPS) is 11.5. The van der Waals surface area contributed by atoms with Crippen molar-refractivity contribution in [3.05, 3.63) is 16.6 Å². The third-order valence-electron chi connectivity index (χ3n) is 1.66. The van der Waals surface area contributed by atoms with Crippen molar-refractivity contribution in [3.8, 4) is 0 Å². The molecule has 1 rings (SSSR count). The maximum atomic E-state index is 12.2. The van der Waals surface area contributed by atoms with E-state index in [0.717, 1.165) is 4.88 Å². The molecular formula is C8H11BrF2N2S. The Labute approximate surface area is 94.1 Å². The van der Waals surface area contributed by atoms with Gasteiger partial charge in [0.1, 0.15) is 0 Å². The van der Waals surface area contributed by atoms with Gasteiger partial charge >= 0.3 is 0 Å². The van der Waals surface area contributed by atoms with Crippen LogP contribution in [0, 0.1) is 0 Å². The summed E-state index contributed by atoms with van der Waals surface area (Å²) >= 11 is 4.74. The van der Waals surface area contributed by atoms with E-state index >= 15 is 0 Å². The number of hydrogen-bond donors (Lipinski definition) is 0. The lowest BCUT2D eigenvalue weighted by molar-refractivity contribution is 0.0885. The zero-order chi connectivity index (χ0) is 10.4. The summed E-state index contributed by atoms with van der Waals surface area (Å²) in [7, 11) is 0. The highest BCUT2D eigenvalue weighted by Crippen LogP contribution is 2.11. The molecule has 1 aromatic heterocycles. The Hall–Kier alpha value is -0.0700. The highest BCUT2D eigenvalue weighted by molar-refractivity contribution is 9.09. The molecule has 80 valence electrons. The molecule has 0 N–H and O–H groups in total. The average molecular weight is 285 g/mol. The summed E-state index contributed by atoms with van der Waals surface area (Å²) in [5, 5.41) is 0.707. The molecule has 0 saturated carbocycles. The SMILES string of the molecule is FC(F)CN(CCBr)Cc1cncs1. The summed E-state index contributed by atoms with van der Waals surface area (Å²) in [5.41, 5.74) is 1.71. The summed E-state index contributed by atoms with van der Waals surface area (Å²) in [6.45, 7) is 1.01. The van der Waals surface area contributed by atoms with E-state index < -0.39 is 6.43 Å². The van der Waals surface area contributed by atoms with Crippen molar-refractivity contribution in [2.45, 2.75) is 13.0 Å². The maximum absolute atomic E-state index is 12.2. The lowest BCUT2D eigenvalue weighted by Crippen LogP contribution is -2.29. The highest BCUT2D eigenvalue weighted by Gasteiger charge is 2.12. The van der Waals surface area contributed by atoms with Crippen LogP contribution >= 0.6 is 27.3 Å². The van der Waals surface area contributed by atoms with Crippen LogP contribution in [-0.2, 0) is 6.54 Å². The van der Waals surface area contributed by atoms with Crippen LogP contribution in [-0.4, -0.2) is 34.7 Å². The van der Waals surface area contributed by atoms with Crippen LogP contribution < -0.4 is 0 Å². The van der Waals surface area contributed by atoms with Crippen molar-refractivity contribution >= 4 is 27.3 Å². The molecule has 0 radical (unpaired) electrons. The number of nitrogens with zero attached hydrogens (tertiary/aromatic N) is 2. The van der Waals surface area contributed by atoms with Gasteiger partial charge in [-0.25, -0.2) is 8.78 Å². The van der Waals surface area contributed by atoms with E-state index in [4.69, 9.17) is 0 Å². The van der Waals surface area contributed by atoms with Gasteiger partial charge in [-0.1, -0.05) is 15.9 Å². The number of halogens is 3. The first-order valence-electron chi connectivity index (χ1n) is 4.16. The first-order valence-corrected chi connectivity index (χ1v) is 6.16. The molecule has 0 unspecified atom stereocenters. The highest BCUT2D eigenvalue weighted by atomic mass is 79.9. The van der Waals surface area contributed by atoms with Gasteiger partial charge in [0.25, 0.3) is 6.43 Å². The van der Waals surface area contributed by atoms with Gasteiger partial charge in [-0.2, -0.15) is 0 Å². The summed E-state index contributed by atoms with van der Waals surface area (Å²) in [6, 6.07) is 0.